The fourth-order valence-corrected chi connectivity index (χ4v) is 4.76. The zero-order chi connectivity index (χ0) is 24.7. The van der Waals surface area contributed by atoms with E-state index >= 15 is 0 Å². The SMILES string of the molecule is COc1c(O)cc2c(c1OC)-c1c(cc3c(c1OC)OCO3)[C@H](OC(=O)C(C)C)[C@@H](C)[C@H](C)C2. The van der Waals surface area contributed by atoms with Crippen LogP contribution in [0, 0.1) is 17.8 Å². The lowest BCUT2D eigenvalue weighted by molar-refractivity contribution is -0.157. The number of ether oxygens (including phenoxy) is 6. The minimum absolute atomic E-state index is 0.0115. The second-order valence-electron chi connectivity index (χ2n) is 9.16. The van der Waals surface area contributed by atoms with E-state index < -0.39 is 6.10 Å². The average Bonchev–Trinajstić information content (AvgIpc) is 3.28. The van der Waals surface area contributed by atoms with Crippen molar-refractivity contribution in [3.8, 4) is 45.6 Å². The monoisotopic (exact) mass is 472 g/mol. The molecule has 0 amide bonds. The van der Waals surface area contributed by atoms with Crippen molar-refractivity contribution in [3.63, 3.8) is 0 Å². The van der Waals surface area contributed by atoms with Gasteiger partial charge in [0.1, 0.15) is 6.10 Å². The molecule has 4 rings (SSSR count). The van der Waals surface area contributed by atoms with Gasteiger partial charge in [-0.15, -0.1) is 0 Å². The number of carbonyl (C=O) groups is 1. The van der Waals surface area contributed by atoms with Gasteiger partial charge in [0.15, 0.2) is 23.0 Å². The van der Waals surface area contributed by atoms with E-state index in [-0.39, 0.29) is 42.0 Å². The van der Waals surface area contributed by atoms with Crippen molar-refractivity contribution >= 4 is 5.97 Å². The van der Waals surface area contributed by atoms with Gasteiger partial charge >= 0.3 is 5.97 Å². The molecule has 2 aliphatic rings. The first-order valence-electron chi connectivity index (χ1n) is 11.4. The smallest absolute Gasteiger partial charge is 0.308 e. The molecule has 2 aromatic carbocycles. The van der Waals surface area contributed by atoms with Crippen LogP contribution in [0.15, 0.2) is 12.1 Å². The number of esters is 1. The molecular formula is C26H32O8. The highest BCUT2D eigenvalue weighted by Gasteiger charge is 2.40. The summed E-state index contributed by atoms with van der Waals surface area (Å²) in [6.07, 6.45) is 0.0398. The summed E-state index contributed by atoms with van der Waals surface area (Å²) in [5.74, 6) is 1.49. The molecule has 0 fully saturated rings. The third kappa shape index (κ3) is 3.75. The van der Waals surface area contributed by atoms with Crippen molar-refractivity contribution in [2.75, 3.05) is 28.1 Å². The van der Waals surface area contributed by atoms with Crippen LogP contribution in [0.25, 0.3) is 11.1 Å². The Hall–Kier alpha value is -3.29. The second-order valence-corrected chi connectivity index (χ2v) is 9.16. The molecule has 184 valence electrons. The lowest BCUT2D eigenvalue weighted by atomic mass is 9.75. The minimum Gasteiger partial charge on any atom is -0.504 e. The maximum atomic E-state index is 12.8. The Balaban J connectivity index is 2.12. The van der Waals surface area contributed by atoms with Gasteiger partial charge in [0.05, 0.1) is 27.2 Å². The molecule has 0 saturated carbocycles. The van der Waals surface area contributed by atoms with Crippen molar-refractivity contribution in [3.05, 3.63) is 23.3 Å². The van der Waals surface area contributed by atoms with Crippen LogP contribution in [0.3, 0.4) is 0 Å². The number of fused-ring (bicyclic) bond motifs is 4. The Morgan fingerprint density at radius 1 is 1.00 bits per heavy atom. The van der Waals surface area contributed by atoms with Gasteiger partial charge in [-0.25, -0.2) is 0 Å². The largest absolute Gasteiger partial charge is 0.504 e. The van der Waals surface area contributed by atoms with Gasteiger partial charge in [-0.05, 0) is 30.0 Å². The number of phenols is 1. The summed E-state index contributed by atoms with van der Waals surface area (Å²) >= 11 is 0. The molecule has 8 nitrogen and oxygen atoms in total. The number of aromatic hydroxyl groups is 1. The van der Waals surface area contributed by atoms with Crippen LogP contribution in [-0.4, -0.2) is 39.2 Å². The summed E-state index contributed by atoms with van der Waals surface area (Å²) in [4.78, 5) is 12.8. The Kier molecular flexibility index (Phi) is 6.43. The Labute approximate surface area is 199 Å². The summed E-state index contributed by atoms with van der Waals surface area (Å²) in [6, 6.07) is 3.56. The first kappa shape index (κ1) is 23.9. The molecule has 1 aliphatic heterocycles. The molecule has 1 aliphatic carbocycles. The molecule has 2 aromatic rings. The number of rotatable bonds is 5. The van der Waals surface area contributed by atoms with Gasteiger partial charge < -0.3 is 33.5 Å². The summed E-state index contributed by atoms with van der Waals surface area (Å²) in [6.45, 7) is 7.85. The first-order chi connectivity index (χ1) is 16.2. The van der Waals surface area contributed by atoms with Gasteiger partial charge in [-0.1, -0.05) is 27.7 Å². The number of methoxy groups -OCH3 is 3. The quantitative estimate of drug-likeness (QED) is 0.616. The number of hydrogen-bond donors (Lipinski definition) is 1. The minimum atomic E-state index is -0.569. The van der Waals surface area contributed by atoms with E-state index in [0.717, 1.165) is 11.1 Å². The van der Waals surface area contributed by atoms with E-state index in [1.165, 1.54) is 14.2 Å². The normalized spacial score (nSPS) is 20.6. The summed E-state index contributed by atoms with van der Waals surface area (Å²) in [5.41, 5.74) is 2.95. The first-order valence-corrected chi connectivity index (χ1v) is 11.4. The predicted molar refractivity (Wildman–Crippen MR) is 125 cm³/mol. The van der Waals surface area contributed by atoms with E-state index in [4.69, 9.17) is 28.4 Å². The average molecular weight is 473 g/mol. The maximum Gasteiger partial charge on any atom is 0.308 e. The van der Waals surface area contributed by atoms with Crippen molar-refractivity contribution in [2.24, 2.45) is 17.8 Å². The van der Waals surface area contributed by atoms with E-state index in [9.17, 15) is 9.90 Å². The van der Waals surface area contributed by atoms with Crippen LogP contribution in [0.5, 0.6) is 34.5 Å². The van der Waals surface area contributed by atoms with E-state index in [2.05, 4.69) is 13.8 Å². The molecule has 0 saturated heterocycles. The van der Waals surface area contributed by atoms with Gasteiger partial charge in [-0.2, -0.15) is 0 Å². The third-order valence-corrected chi connectivity index (χ3v) is 6.75. The maximum absolute atomic E-state index is 12.8. The molecule has 0 aromatic heterocycles. The number of benzene rings is 2. The van der Waals surface area contributed by atoms with Crippen LogP contribution >= 0.6 is 0 Å². The van der Waals surface area contributed by atoms with Crippen molar-refractivity contribution in [2.45, 2.75) is 40.2 Å². The molecule has 0 unspecified atom stereocenters. The molecule has 3 atom stereocenters. The van der Waals surface area contributed by atoms with Crippen LogP contribution < -0.4 is 23.7 Å². The molecule has 1 heterocycles. The summed E-state index contributed by atoms with van der Waals surface area (Å²) < 4.78 is 34.7. The zero-order valence-electron chi connectivity index (χ0n) is 20.7. The fraction of sp³-hybridized carbons (Fsp3) is 0.500. The molecule has 1 N–H and O–H groups in total. The Morgan fingerprint density at radius 2 is 1.68 bits per heavy atom. The van der Waals surface area contributed by atoms with Crippen molar-refractivity contribution < 1.29 is 38.3 Å². The van der Waals surface area contributed by atoms with Gasteiger partial charge in [0, 0.05) is 22.6 Å². The van der Waals surface area contributed by atoms with Crippen molar-refractivity contribution in [1.82, 2.24) is 0 Å². The second kappa shape index (κ2) is 9.16. The predicted octanol–water partition coefficient (Wildman–Crippen LogP) is 4.88. The van der Waals surface area contributed by atoms with Crippen LogP contribution in [-0.2, 0) is 16.0 Å². The van der Waals surface area contributed by atoms with Crippen LogP contribution in [0.1, 0.15) is 44.9 Å². The topological polar surface area (TPSA) is 92.7 Å². The summed E-state index contributed by atoms with van der Waals surface area (Å²) in [5, 5.41) is 10.7. The van der Waals surface area contributed by atoms with E-state index in [1.54, 1.807) is 13.2 Å². The van der Waals surface area contributed by atoms with Gasteiger partial charge in [0.2, 0.25) is 18.3 Å². The Morgan fingerprint density at radius 3 is 2.29 bits per heavy atom. The summed E-state index contributed by atoms with van der Waals surface area (Å²) in [7, 11) is 4.56. The van der Waals surface area contributed by atoms with Crippen molar-refractivity contribution in [1.29, 1.82) is 0 Å². The highest BCUT2D eigenvalue weighted by molar-refractivity contribution is 5.89. The molecule has 0 radical (unpaired) electrons. The number of carbonyl (C=O) groups excluding carboxylic acids is 1. The number of hydrogen-bond acceptors (Lipinski definition) is 8. The molecule has 0 spiro atoms. The lowest BCUT2D eigenvalue weighted by Crippen LogP contribution is -2.28. The van der Waals surface area contributed by atoms with E-state index in [1.807, 2.05) is 19.9 Å². The highest BCUT2D eigenvalue weighted by atomic mass is 16.7. The third-order valence-electron chi connectivity index (χ3n) is 6.75. The Bertz CT molecular complexity index is 1110. The molecule has 0 bridgehead atoms. The molecular weight excluding hydrogens is 440 g/mol. The highest BCUT2D eigenvalue weighted by Crippen LogP contribution is 2.58. The van der Waals surface area contributed by atoms with E-state index in [0.29, 0.717) is 40.5 Å². The fourth-order valence-electron chi connectivity index (χ4n) is 4.76. The van der Waals surface area contributed by atoms with Crippen LogP contribution in [0.4, 0.5) is 0 Å². The molecule has 34 heavy (non-hydrogen) atoms. The zero-order valence-corrected chi connectivity index (χ0v) is 20.7. The van der Waals surface area contributed by atoms with Gasteiger partial charge in [-0.3, -0.25) is 4.79 Å². The lowest BCUT2D eigenvalue weighted by Gasteiger charge is -2.35. The van der Waals surface area contributed by atoms with Gasteiger partial charge in [0.25, 0.3) is 0 Å². The molecule has 8 heteroatoms. The standard InChI is InChI=1S/C26H32O8/c1-12(2)26(28)34-21-14(4)13(3)8-15-9-17(27)22(29-5)24(30-6)19(15)20-16(21)10-18-23(25(20)31-7)33-11-32-18/h9-10,12-14,21,27H,8,11H2,1-7H3/t13-,14+,21-/m1/s1. The van der Waals surface area contributed by atoms with Crippen LogP contribution in [0.2, 0.25) is 0 Å². The number of phenolic OH excluding ortho intramolecular Hbond substituents is 1.